The predicted molar refractivity (Wildman–Crippen MR) is 108 cm³/mol. The maximum absolute atomic E-state index is 13.0. The first-order chi connectivity index (χ1) is 14.1. The smallest absolute Gasteiger partial charge is 0.348 e. The van der Waals surface area contributed by atoms with Crippen molar-refractivity contribution in [3.05, 3.63) is 112 Å². The van der Waals surface area contributed by atoms with Crippen LogP contribution in [0.15, 0.2) is 89.7 Å². The van der Waals surface area contributed by atoms with Crippen molar-refractivity contribution < 1.29 is 14.6 Å². The molecule has 3 aromatic carbocycles. The number of rotatable bonds is 5. The van der Waals surface area contributed by atoms with Crippen molar-refractivity contribution in [3.63, 3.8) is 0 Å². The molecule has 0 saturated carbocycles. The van der Waals surface area contributed by atoms with Gasteiger partial charge in [0.1, 0.15) is 12.4 Å². The van der Waals surface area contributed by atoms with Crippen LogP contribution in [0.2, 0.25) is 0 Å². The standard InChI is InChI=1S/C23H18N2O4/c26-21-18-13-7-8-14-19(18)24-20(25-21)15-29-22(27)23(28,16-9-3-1-4-10-16)17-11-5-2-6-12-17/h1-14,28H,15H2,(H,24,25,26). The van der Waals surface area contributed by atoms with Crippen LogP contribution >= 0.6 is 0 Å². The fraction of sp³-hybridized carbons (Fsp3) is 0.0870. The lowest BCUT2D eigenvalue weighted by Crippen LogP contribution is -2.38. The van der Waals surface area contributed by atoms with Crippen LogP contribution in [0.4, 0.5) is 0 Å². The Morgan fingerprint density at radius 2 is 1.45 bits per heavy atom. The Hall–Kier alpha value is -3.77. The third-order valence-corrected chi connectivity index (χ3v) is 4.68. The average molecular weight is 386 g/mol. The fourth-order valence-corrected chi connectivity index (χ4v) is 3.20. The second kappa shape index (κ2) is 7.69. The minimum atomic E-state index is -1.99. The van der Waals surface area contributed by atoms with Crippen molar-refractivity contribution in [1.82, 2.24) is 9.97 Å². The number of nitrogens with one attached hydrogen (secondary N) is 1. The molecule has 1 aromatic heterocycles. The molecular weight excluding hydrogens is 368 g/mol. The second-order valence-electron chi connectivity index (χ2n) is 6.55. The van der Waals surface area contributed by atoms with Gasteiger partial charge < -0.3 is 14.8 Å². The Labute approximate surface area is 166 Å². The van der Waals surface area contributed by atoms with Crippen LogP contribution in [0.3, 0.4) is 0 Å². The van der Waals surface area contributed by atoms with Crippen LogP contribution in [0.5, 0.6) is 0 Å². The minimum absolute atomic E-state index is 0.200. The molecule has 2 N–H and O–H groups in total. The first-order valence-electron chi connectivity index (χ1n) is 9.07. The lowest BCUT2D eigenvalue weighted by Gasteiger charge is -2.27. The number of ether oxygens (including phenoxy) is 1. The summed E-state index contributed by atoms with van der Waals surface area (Å²) >= 11 is 0. The van der Waals surface area contributed by atoms with Crippen molar-refractivity contribution in [2.75, 3.05) is 0 Å². The molecule has 0 aliphatic heterocycles. The lowest BCUT2D eigenvalue weighted by atomic mass is 9.86. The van der Waals surface area contributed by atoms with Crippen LogP contribution in [0, 0.1) is 0 Å². The fourth-order valence-electron chi connectivity index (χ4n) is 3.20. The number of para-hydroxylation sites is 1. The van der Waals surface area contributed by atoms with E-state index in [9.17, 15) is 14.7 Å². The third kappa shape index (κ3) is 3.53. The molecule has 144 valence electrons. The molecular formula is C23H18N2O4. The summed E-state index contributed by atoms with van der Waals surface area (Å²) in [5, 5.41) is 11.8. The van der Waals surface area contributed by atoms with Gasteiger partial charge in [0.05, 0.1) is 10.9 Å². The highest BCUT2D eigenvalue weighted by atomic mass is 16.5. The van der Waals surface area contributed by atoms with Crippen LogP contribution < -0.4 is 5.56 Å². The number of aromatic nitrogens is 2. The maximum Gasteiger partial charge on any atom is 0.348 e. The molecule has 6 nitrogen and oxygen atoms in total. The minimum Gasteiger partial charge on any atom is -0.455 e. The van der Waals surface area contributed by atoms with Gasteiger partial charge in [0.25, 0.3) is 5.56 Å². The molecule has 4 aromatic rings. The van der Waals surface area contributed by atoms with Crippen molar-refractivity contribution in [1.29, 1.82) is 0 Å². The van der Waals surface area contributed by atoms with Gasteiger partial charge in [0.2, 0.25) is 5.60 Å². The van der Waals surface area contributed by atoms with Gasteiger partial charge in [0.15, 0.2) is 0 Å². The van der Waals surface area contributed by atoms with E-state index in [2.05, 4.69) is 9.97 Å². The van der Waals surface area contributed by atoms with Gasteiger partial charge in [-0.2, -0.15) is 0 Å². The molecule has 6 heteroatoms. The summed E-state index contributed by atoms with van der Waals surface area (Å²) in [7, 11) is 0. The second-order valence-corrected chi connectivity index (χ2v) is 6.55. The van der Waals surface area contributed by atoms with E-state index in [1.54, 1.807) is 84.9 Å². The van der Waals surface area contributed by atoms with Gasteiger partial charge >= 0.3 is 5.97 Å². The number of aromatic amines is 1. The quantitative estimate of drug-likeness (QED) is 0.515. The van der Waals surface area contributed by atoms with Gasteiger partial charge in [-0.1, -0.05) is 72.8 Å². The molecule has 0 unspecified atom stereocenters. The number of hydrogen-bond acceptors (Lipinski definition) is 5. The number of fused-ring (bicyclic) bond motifs is 1. The normalized spacial score (nSPS) is 11.3. The van der Waals surface area contributed by atoms with Gasteiger partial charge in [-0.3, -0.25) is 4.79 Å². The van der Waals surface area contributed by atoms with Gasteiger partial charge in [-0.05, 0) is 23.3 Å². The summed E-state index contributed by atoms with van der Waals surface area (Å²) in [6.07, 6.45) is 0. The molecule has 4 rings (SSSR count). The third-order valence-electron chi connectivity index (χ3n) is 4.68. The van der Waals surface area contributed by atoms with Crippen LogP contribution in [0.1, 0.15) is 17.0 Å². The van der Waals surface area contributed by atoms with Crippen LogP contribution in [-0.4, -0.2) is 21.0 Å². The molecule has 29 heavy (non-hydrogen) atoms. The number of nitrogens with zero attached hydrogens (tertiary/aromatic N) is 1. The zero-order chi connectivity index (χ0) is 20.3. The highest BCUT2D eigenvalue weighted by molar-refractivity contribution is 5.85. The summed E-state index contributed by atoms with van der Waals surface area (Å²) in [5.41, 5.74) is -1.03. The van der Waals surface area contributed by atoms with E-state index in [0.717, 1.165) is 0 Å². The van der Waals surface area contributed by atoms with Crippen molar-refractivity contribution in [3.8, 4) is 0 Å². The van der Waals surface area contributed by atoms with Crippen molar-refractivity contribution in [2.45, 2.75) is 12.2 Å². The SMILES string of the molecule is O=C(OCc1nc2ccccc2c(=O)[nH]1)C(O)(c1ccccc1)c1ccccc1. The first kappa shape index (κ1) is 18.6. The van der Waals surface area contributed by atoms with Crippen LogP contribution in [-0.2, 0) is 21.7 Å². The molecule has 0 saturated heterocycles. The molecule has 0 aliphatic rings. The zero-order valence-corrected chi connectivity index (χ0v) is 15.4. The summed E-state index contributed by atoms with van der Waals surface area (Å²) in [6, 6.07) is 24.1. The van der Waals surface area contributed by atoms with Crippen molar-refractivity contribution >= 4 is 16.9 Å². The van der Waals surface area contributed by atoms with E-state index in [4.69, 9.17) is 4.74 Å². The van der Waals surface area contributed by atoms with E-state index in [1.807, 2.05) is 0 Å². The molecule has 0 spiro atoms. The van der Waals surface area contributed by atoms with E-state index < -0.39 is 11.6 Å². The number of carbonyl (C=O) groups is 1. The Balaban J connectivity index is 1.65. The molecule has 0 fully saturated rings. The number of carbonyl (C=O) groups excluding carboxylic acids is 1. The molecule has 0 aliphatic carbocycles. The van der Waals surface area contributed by atoms with E-state index >= 15 is 0 Å². The Morgan fingerprint density at radius 3 is 2.07 bits per heavy atom. The van der Waals surface area contributed by atoms with E-state index in [1.165, 1.54) is 0 Å². The number of hydrogen-bond donors (Lipinski definition) is 2. The first-order valence-corrected chi connectivity index (χ1v) is 9.07. The van der Waals surface area contributed by atoms with E-state index in [0.29, 0.717) is 22.0 Å². The maximum atomic E-state index is 13.0. The Kier molecular flexibility index (Phi) is 4.93. The van der Waals surface area contributed by atoms with Crippen molar-refractivity contribution in [2.24, 2.45) is 0 Å². The Bertz CT molecular complexity index is 1160. The highest BCUT2D eigenvalue weighted by Crippen LogP contribution is 2.31. The van der Waals surface area contributed by atoms with Gasteiger partial charge in [0, 0.05) is 0 Å². The molecule has 1 heterocycles. The summed E-state index contributed by atoms with van der Waals surface area (Å²) < 4.78 is 5.38. The molecule has 0 amide bonds. The molecule has 0 atom stereocenters. The average Bonchev–Trinajstić information content (AvgIpc) is 2.78. The van der Waals surface area contributed by atoms with Crippen LogP contribution in [0.25, 0.3) is 10.9 Å². The highest BCUT2D eigenvalue weighted by Gasteiger charge is 2.41. The molecule has 0 bridgehead atoms. The summed E-state index contributed by atoms with van der Waals surface area (Å²) in [6.45, 7) is -0.277. The van der Waals surface area contributed by atoms with E-state index in [-0.39, 0.29) is 18.0 Å². The monoisotopic (exact) mass is 386 g/mol. The lowest BCUT2D eigenvalue weighted by molar-refractivity contribution is -0.163. The largest absolute Gasteiger partial charge is 0.455 e. The number of esters is 1. The summed E-state index contributed by atoms with van der Waals surface area (Å²) in [4.78, 5) is 32.1. The van der Waals surface area contributed by atoms with Gasteiger partial charge in [-0.25, -0.2) is 9.78 Å². The Morgan fingerprint density at radius 1 is 0.897 bits per heavy atom. The predicted octanol–water partition coefficient (Wildman–Crippen LogP) is 2.90. The topological polar surface area (TPSA) is 92.3 Å². The number of H-pyrrole nitrogens is 1. The molecule has 0 radical (unpaired) electrons. The number of aliphatic hydroxyl groups is 1. The zero-order valence-electron chi connectivity index (χ0n) is 15.4. The van der Waals surface area contributed by atoms with Gasteiger partial charge in [-0.15, -0.1) is 0 Å². The summed E-state index contributed by atoms with van der Waals surface area (Å²) in [5.74, 6) is -0.656. The number of benzene rings is 3.